The first-order valence-corrected chi connectivity index (χ1v) is 11.3. The van der Waals surface area contributed by atoms with Gasteiger partial charge >= 0.3 is 0 Å². The second kappa shape index (κ2) is 9.96. The van der Waals surface area contributed by atoms with Crippen LogP contribution in [0, 0.1) is 6.92 Å². The zero-order valence-corrected chi connectivity index (χ0v) is 18.7. The number of benzene rings is 2. The molecule has 2 unspecified atom stereocenters. The Hall–Kier alpha value is -3.18. The van der Waals surface area contributed by atoms with Crippen molar-refractivity contribution in [2.75, 3.05) is 13.2 Å². The van der Waals surface area contributed by atoms with Gasteiger partial charge in [0.2, 0.25) is 5.91 Å². The van der Waals surface area contributed by atoms with Gasteiger partial charge in [0, 0.05) is 30.0 Å². The molecule has 0 bridgehead atoms. The van der Waals surface area contributed by atoms with Crippen LogP contribution in [-0.4, -0.2) is 30.2 Å². The van der Waals surface area contributed by atoms with Gasteiger partial charge in [-0.25, -0.2) is 0 Å². The summed E-state index contributed by atoms with van der Waals surface area (Å²) in [5.74, 6) is 0.454. The third-order valence-electron chi connectivity index (χ3n) is 6.04. The highest BCUT2D eigenvalue weighted by molar-refractivity contribution is 5.94. The molecule has 2 aromatic carbocycles. The average Bonchev–Trinajstić information content (AvgIpc) is 3.33. The lowest BCUT2D eigenvalue weighted by Crippen LogP contribution is -2.17. The number of hydrogen-bond acceptors (Lipinski definition) is 4. The molecule has 2 atom stereocenters. The molecule has 0 aliphatic carbocycles. The Morgan fingerprint density at radius 3 is 2.53 bits per heavy atom. The first-order chi connectivity index (χ1) is 15.5. The van der Waals surface area contributed by atoms with E-state index < -0.39 is 5.91 Å². The molecule has 1 aromatic heterocycles. The zero-order valence-electron chi connectivity index (χ0n) is 18.7. The summed E-state index contributed by atoms with van der Waals surface area (Å²) in [6.07, 6.45) is 5.12. The lowest BCUT2D eigenvalue weighted by molar-refractivity contribution is 0.0679. The van der Waals surface area contributed by atoms with Crippen molar-refractivity contribution in [1.82, 2.24) is 4.98 Å². The number of nitrogens with two attached hydrogens (primary N) is 1. The van der Waals surface area contributed by atoms with E-state index in [1.807, 2.05) is 25.3 Å². The predicted octanol–water partition coefficient (Wildman–Crippen LogP) is 5.26. The standard InChI is InChI=1S/C27H30N2O3/c1-3-26(21-7-6-18(2)29-16-21)20-10-8-19(9-11-20)22-13-23(27(28)30)15-25(14-22)32-17-24-5-4-12-31-24/h6-11,13-16,24,26H,3-5,12,17H2,1-2H3,(H2,28,30). The Kier molecular flexibility index (Phi) is 6.86. The maximum Gasteiger partial charge on any atom is 0.248 e. The van der Waals surface area contributed by atoms with Gasteiger partial charge < -0.3 is 15.2 Å². The largest absolute Gasteiger partial charge is 0.491 e. The van der Waals surface area contributed by atoms with E-state index in [4.69, 9.17) is 15.2 Å². The molecule has 32 heavy (non-hydrogen) atoms. The van der Waals surface area contributed by atoms with E-state index in [1.54, 1.807) is 6.07 Å². The molecule has 5 heteroatoms. The molecular formula is C27H30N2O3. The van der Waals surface area contributed by atoms with E-state index >= 15 is 0 Å². The number of primary amides is 1. The Bertz CT molecular complexity index is 1060. The van der Waals surface area contributed by atoms with Crippen molar-refractivity contribution >= 4 is 5.91 Å². The monoisotopic (exact) mass is 430 g/mol. The van der Waals surface area contributed by atoms with Crippen molar-refractivity contribution in [1.29, 1.82) is 0 Å². The number of carbonyl (C=O) groups excluding carboxylic acids is 1. The first kappa shape index (κ1) is 22.0. The fourth-order valence-corrected chi connectivity index (χ4v) is 4.21. The molecule has 0 spiro atoms. The van der Waals surface area contributed by atoms with Gasteiger partial charge in [-0.2, -0.15) is 0 Å². The number of aryl methyl sites for hydroxylation is 1. The maximum absolute atomic E-state index is 11.9. The fourth-order valence-electron chi connectivity index (χ4n) is 4.21. The van der Waals surface area contributed by atoms with Crippen LogP contribution in [0.15, 0.2) is 60.8 Å². The molecule has 1 fully saturated rings. The second-order valence-corrected chi connectivity index (χ2v) is 8.37. The van der Waals surface area contributed by atoms with Crippen LogP contribution in [0.5, 0.6) is 5.75 Å². The fraction of sp³-hybridized carbons (Fsp3) is 0.333. The Balaban J connectivity index is 1.58. The third kappa shape index (κ3) is 5.17. The van der Waals surface area contributed by atoms with Gasteiger partial charge in [0.25, 0.3) is 0 Å². The Morgan fingerprint density at radius 1 is 1.12 bits per heavy atom. The number of ether oxygens (including phenoxy) is 2. The van der Waals surface area contributed by atoms with Crippen molar-refractivity contribution in [3.05, 3.63) is 83.2 Å². The van der Waals surface area contributed by atoms with Gasteiger partial charge in [0.05, 0.1) is 6.10 Å². The average molecular weight is 431 g/mol. The molecule has 4 rings (SSSR count). The molecule has 1 amide bonds. The first-order valence-electron chi connectivity index (χ1n) is 11.3. The summed E-state index contributed by atoms with van der Waals surface area (Å²) in [5.41, 5.74) is 11.4. The van der Waals surface area contributed by atoms with Crippen LogP contribution in [-0.2, 0) is 4.74 Å². The van der Waals surface area contributed by atoms with Crippen molar-refractivity contribution in [3.8, 4) is 16.9 Å². The normalized spacial score (nSPS) is 16.6. The Labute approximate surface area is 189 Å². The number of rotatable bonds is 8. The maximum atomic E-state index is 11.9. The molecule has 2 heterocycles. The third-order valence-corrected chi connectivity index (χ3v) is 6.04. The van der Waals surface area contributed by atoms with E-state index in [2.05, 4.69) is 48.3 Å². The van der Waals surface area contributed by atoms with Gasteiger partial charge in [-0.3, -0.25) is 9.78 Å². The topological polar surface area (TPSA) is 74.4 Å². The summed E-state index contributed by atoms with van der Waals surface area (Å²) in [6.45, 7) is 5.44. The molecule has 3 aromatic rings. The Morgan fingerprint density at radius 2 is 1.91 bits per heavy atom. The van der Waals surface area contributed by atoms with Crippen molar-refractivity contribution in [2.24, 2.45) is 5.73 Å². The molecule has 0 radical (unpaired) electrons. The summed E-state index contributed by atoms with van der Waals surface area (Å²) in [4.78, 5) is 16.4. The van der Waals surface area contributed by atoms with Crippen LogP contribution in [0.3, 0.4) is 0 Å². The summed E-state index contributed by atoms with van der Waals surface area (Å²) in [7, 11) is 0. The quantitative estimate of drug-likeness (QED) is 0.529. The van der Waals surface area contributed by atoms with E-state index in [9.17, 15) is 4.79 Å². The van der Waals surface area contributed by atoms with E-state index in [1.165, 1.54) is 11.1 Å². The van der Waals surface area contributed by atoms with Crippen molar-refractivity contribution < 1.29 is 14.3 Å². The number of carbonyl (C=O) groups is 1. The van der Waals surface area contributed by atoms with E-state index in [0.29, 0.717) is 23.8 Å². The number of aromatic nitrogens is 1. The molecule has 166 valence electrons. The molecule has 1 saturated heterocycles. The number of nitrogens with zero attached hydrogens (tertiary/aromatic N) is 1. The summed E-state index contributed by atoms with van der Waals surface area (Å²) >= 11 is 0. The second-order valence-electron chi connectivity index (χ2n) is 8.37. The van der Waals surface area contributed by atoms with Crippen LogP contribution in [0.1, 0.15) is 59.3 Å². The van der Waals surface area contributed by atoms with E-state index in [-0.39, 0.29) is 6.10 Å². The highest BCUT2D eigenvalue weighted by atomic mass is 16.5. The summed E-state index contributed by atoms with van der Waals surface area (Å²) in [6, 6.07) is 18.1. The molecular weight excluding hydrogens is 400 g/mol. The molecule has 1 aliphatic heterocycles. The summed E-state index contributed by atoms with van der Waals surface area (Å²) in [5, 5.41) is 0. The van der Waals surface area contributed by atoms with Gasteiger partial charge in [-0.15, -0.1) is 0 Å². The van der Waals surface area contributed by atoms with Crippen molar-refractivity contribution in [3.63, 3.8) is 0 Å². The van der Waals surface area contributed by atoms with Crippen LogP contribution in [0.4, 0.5) is 0 Å². The minimum Gasteiger partial charge on any atom is -0.491 e. The molecule has 2 N–H and O–H groups in total. The number of pyridine rings is 1. The van der Waals surface area contributed by atoms with Crippen LogP contribution in [0.2, 0.25) is 0 Å². The SMILES string of the molecule is CCC(c1ccc(-c2cc(OCC3CCCO3)cc(C(N)=O)c2)cc1)c1ccc(C)nc1. The minimum absolute atomic E-state index is 0.109. The molecule has 0 saturated carbocycles. The highest BCUT2D eigenvalue weighted by Crippen LogP contribution is 2.31. The van der Waals surface area contributed by atoms with Crippen molar-refractivity contribution in [2.45, 2.75) is 45.1 Å². The van der Waals surface area contributed by atoms with Gasteiger partial charge in [-0.1, -0.05) is 37.3 Å². The van der Waals surface area contributed by atoms with E-state index in [0.717, 1.165) is 42.7 Å². The minimum atomic E-state index is -0.469. The molecule has 5 nitrogen and oxygen atoms in total. The lowest BCUT2D eigenvalue weighted by atomic mass is 9.89. The highest BCUT2D eigenvalue weighted by Gasteiger charge is 2.17. The predicted molar refractivity (Wildman–Crippen MR) is 126 cm³/mol. The zero-order chi connectivity index (χ0) is 22.5. The van der Waals surface area contributed by atoms with Crippen LogP contribution >= 0.6 is 0 Å². The van der Waals surface area contributed by atoms with Gasteiger partial charge in [-0.05, 0) is 72.7 Å². The van der Waals surface area contributed by atoms with Gasteiger partial charge in [0.15, 0.2) is 0 Å². The smallest absolute Gasteiger partial charge is 0.248 e. The summed E-state index contributed by atoms with van der Waals surface area (Å²) < 4.78 is 11.6. The van der Waals surface area contributed by atoms with Crippen LogP contribution in [0.25, 0.3) is 11.1 Å². The number of amides is 1. The van der Waals surface area contributed by atoms with Gasteiger partial charge in [0.1, 0.15) is 12.4 Å². The molecule has 1 aliphatic rings. The number of hydrogen-bond donors (Lipinski definition) is 1. The lowest BCUT2D eigenvalue weighted by Gasteiger charge is -2.17. The van der Waals surface area contributed by atoms with Crippen LogP contribution < -0.4 is 10.5 Å².